The van der Waals surface area contributed by atoms with Crippen molar-refractivity contribution in [2.45, 2.75) is 26.0 Å². The zero-order valence-electron chi connectivity index (χ0n) is 19.4. The number of ether oxygens (including phenoxy) is 2. The molecule has 8 heteroatoms. The average Bonchev–Trinajstić information content (AvgIpc) is 3.09. The van der Waals surface area contributed by atoms with Gasteiger partial charge in [-0.2, -0.15) is 0 Å². The molecule has 2 N–H and O–H groups in total. The van der Waals surface area contributed by atoms with Crippen LogP contribution in [0.15, 0.2) is 72.3 Å². The summed E-state index contributed by atoms with van der Waals surface area (Å²) >= 11 is 6.02. The van der Waals surface area contributed by atoms with Gasteiger partial charge in [-0.25, -0.2) is 0 Å². The number of methoxy groups -OCH3 is 1. The van der Waals surface area contributed by atoms with Crippen LogP contribution in [-0.2, 0) is 9.59 Å². The maximum atomic E-state index is 13.2. The lowest BCUT2D eigenvalue weighted by Crippen LogP contribution is -2.29. The van der Waals surface area contributed by atoms with E-state index in [4.69, 9.17) is 21.1 Å². The van der Waals surface area contributed by atoms with Crippen molar-refractivity contribution in [3.8, 4) is 17.2 Å². The van der Waals surface area contributed by atoms with Gasteiger partial charge in [0, 0.05) is 16.3 Å². The summed E-state index contributed by atoms with van der Waals surface area (Å²) in [6, 6.07) is 16.6. The normalized spacial score (nSPS) is 17.2. The summed E-state index contributed by atoms with van der Waals surface area (Å²) in [5.74, 6) is -1.32. The predicted molar refractivity (Wildman–Crippen MR) is 133 cm³/mol. The summed E-state index contributed by atoms with van der Waals surface area (Å²) in [7, 11) is 1.42. The molecule has 0 bridgehead atoms. The van der Waals surface area contributed by atoms with E-state index >= 15 is 0 Å². The van der Waals surface area contributed by atoms with Gasteiger partial charge < -0.3 is 19.7 Å². The van der Waals surface area contributed by atoms with Crippen LogP contribution in [0.25, 0.3) is 5.76 Å². The average molecular weight is 494 g/mol. The number of aliphatic hydroxyl groups is 1. The highest BCUT2D eigenvalue weighted by atomic mass is 35.5. The second-order valence-corrected chi connectivity index (χ2v) is 8.70. The maximum absolute atomic E-state index is 13.2. The molecule has 0 radical (unpaired) electrons. The molecule has 7 nitrogen and oxygen atoms in total. The van der Waals surface area contributed by atoms with Gasteiger partial charge in [0.2, 0.25) is 0 Å². The number of phenols is 1. The number of anilines is 1. The van der Waals surface area contributed by atoms with E-state index < -0.39 is 17.7 Å². The summed E-state index contributed by atoms with van der Waals surface area (Å²) in [6.45, 7) is 3.80. The number of benzene rings is 3. The first-order valence-corrected chi connectivity index (χ1v) is 11.3. The molecule has 180 valence electrons. The Morgan fingerprint density at radius 3 is 2.23 bits per heavy atom. The molecule has 1 unspecified atom stereocenters. The van der Waals surface area contributed by atoms with Crippen LogP contribution in [0, 0.1) is 0 Å². The fourth-order valence-electron chi connectivity index (χ4n) is 4.01. The van der Waals surface area contributed by atoms with Crippen LogP contribution >= 0.6 is 11.6 Å². The van der Waals surface area contributed by atoms with Gasteiger partial charge in [0.05, 0.1) is 24.8 Å². The first-order chi connectivity index (χ1) is 16.7. The molecule has 0 spiro atoms. The molecule has 1 aliphatic heterocycles. The lowest BCUT2D eigenvalue weighted by atomic mass is 9.94. The SMILES string of the molecule is COc1ccc(C2/C(=C(/O)c3ccc(OC(C)C)cc3)C(=O)C(=O)N2c2ccc(Cl)cc2)cc1O. The molecule has 1 aliphatic rings. The van der Waals surface area contributed by atoms with Crippen molar-refractivity contribution in [3.63, 3.8) is 0 Å². The number of aromatic hydroxyl groups is 1. The predicted octanol–water partition coefficient (Wildman–Crippen LogP) is 5.47. The minimum Gasteiger partial charge on any atom is -0.507 e. The Morgan fingerprint density at radius 2 is 1.66 bits per heavy atom. The number of amides is 1. The minimum absolute atomic E-state index is 0.0260. The van der Waals surface area contributed by atoms with Crippen molar-refractivity contribution in [3.05, 3.63) is 88.5 Å². The third kappa shape index (κ3) is 4.68. The monoisotopic (exact) mass is 493 g/mol. The number of halogens is 1. The number of carbonyl (C=O) groups is 2. The summed E-state index contributed by atoms with van der Waals surface area (Å²) in [5, 5.41) is 22.1. The van der Waals surface area contributed by atoms with Crippen molar-refractivity contribution < 1.29 is 29.3 Å². The van der Waals surface area contributed by atoms with Crippen molar-refractivity contribution >= 4 is 34.7 Å². The second-order valence-electron chi connectivity index (χ2n) is 8.27. The third-order valence-electron chi connectivity index (χ3n) is 5.57. The fourth-order valence-corrected chi connectivity index (χ4v) is 4.14. The van der Waals surface area contributed by atoms with E-state index in [1.54, 1.807) is 54.6 Å². The molecule has 0 aromatic heterocycles. The Labute approximate surface area is 207 Å². The molecule has 3 aromatic rings. The quantitative estimate of drug-likeness (QED) is 0.268. The van der Waals surface area contributed by atoms with Crippen molar-refractivity contribution in [1.29, 1.82) is 0 Å². The number of phenolic OH excluding ortho intramolecular Hbond substituents is 1. The minimum atomic E-state index is -1.00. The second kappa shape index (κ2) is 9.72. The van der Waals surface area contributed by atoms with Gasteiger partial charge in [-0.3, -0.25) is 14.5 Å². The first kappa shape index (κ1) is 24.2. The molecule has 35 heavy (non-hydrogen) atoms. The van der Waals surface area contributed by atoms with Crippen LogP contribution in [0.1, 0.15) is 31.0 Å². The van der Waals surface area contributed by atoms with Gasteiger partial charge in [-0.15, -0.1) is 0 Å². The zero-order chi connectivity index (χ0) is 25.3. The first-order valence-electron chi connectivity index (χ1n) is 10.9. The van der Waals surface area contributed by atoms with Crippen molar-refractivity contribution in [2.75, 3.05) is 12.0 Å². The Kier molecular flexibility index (Phi) is 6.71. The van der Waals surface area contributed by atoms with Gasteiger partial charge in [0.15, 0.2) is 11.5 Å². The number of ketones is 1. The van der Waals surface area contributed by atoms with E-state index in [-0.39, 0.29) is 28.9 Å². The molecule has 1 amide bonds. The van der Waals surface area contributed by atoms with Crippen LogP contribution in [0.2, 0.25) is 5.02 Å². The number of Topliss-reactive ketones (excluding diaryl/α,β-unsaturated/α-hetero) is 1. The number of nitrogens with zero attached hydrogens (tertiary/aromatic N) is 1. The standard InChI is InChI=1S/C27H24ClNO6/c1-15(2)35-20-11-4-16(5-12-20)25(31)23-24(17-6-13-22(34-3)21(30)14-17)29(27(33)26(23)32)19-9-7-18(28)8-10-19/h4-15,24,30-31H,1-3H3/b25-23-. The number of hydrogen-bond acceptors (Lipinski definition) is 6. The lowest BCUT2D eigenvalue weighted by molar-refractivity contribution is -0.132. The van der Waals surface area contributed by atoms with E-state index in [0.29, 0.717) is 27.6 Å². The van der Waals surface area contributed by atoms with Crippen molar-refractivity contribution in [2.24, 2.45) is 0 Å². The van der Waals surface area contributed by atoms with Crippen LogP contribution in [-0.4, -0.2) is 35.1 Å². The summed E-state index contributed by atoms with van der Waals surface area (Å²) in [6.07, 6.45) is -0.0260. The van der Waals surface area contributed by atoms with Gasteiger partial charge in [0.1, 0.15) is 11.5 Å². The molecule has 1 saturated heterocycles. The molecular formula is C27H24ClNO6. The van der Waals surface area contributed by atoms with E-state index in [2.05, 4.69) is 0 Å². The summed E-state index contributed by atoms with van der Waals surface area (Å²) in [5.41, 5.74) is 1.07. The number of rotatable bonds is 6. The van der Waals surface area contributed by atoms with Crippen molar-refractivity contribution in [1.82, 2.24) is 0 Å². The molecule has 3 aromatic carbocycles. The smallest absolute Gasteiger partial charge is 0.300 e. The highest BCUT2D eigenvalue weighted by Crippen LogP contribution is 2.44. The molecule has 0 saturated carbocycles. The Hall–Kier alpha value is -3.97. The highest BCUT2D eigenvalue weighted by molar-refractivity contribution is 6.51. The van der Waals surface area contributed by atoms with Gasteiger partial charge in [0.25, 0.3) is 11.7 Å². The van der Waals surface area contributed by atoms with Crippen LogP contribution in [0.4, 0.5) is 5.69 Å². The third-order valence-corrected chi connectivity index (χ3v) is 5.82. The Bertz CT molecular complexity index is 1300. The van der Waals surface area contributed by atoms with Gasteiger partial charge >= 0.3 is 0 Å². The molecular weight excluding hydrogens is 470 g/mol. The summed E-state index contributed by atoms with van der Waals surface area (Å²) < 4.78 is 10.8. The van der Waals surface area contributed by atoms with E-state index in [0.717, 1.165) is 0 Å². The molecule has 0 aliphatic carbocycles. The van der Waals surface area contributed by atoms with Gasteiger partial charge in [-0.1, -0.05) is 17.7 Å². The lowest BCUT2D eigenvalue weighted by Gasteiger charge is -2.26. The fraction of sp³-hybridized carbons (Fsp3) is 0.185. The van der Waals surface area contributed by atoms with E-state index in [1.165, 1.54) is 24.1 Å². The van der Waals surface area contributed by atoms with Crippen LogP contribution in [0.3, 0.4) is 0 Å². The molecule has 4 rings (SSSR count). The number of aliphatic hydroxyl groups excluding tert-OH is 1. The molecule has 1 fully saturated rings. The Balaban J connectivity index is 1.88. The van der Waals surface area contributed by atoms with Crippen LogP contribution < -0.4 is 14.4 Å². The number of carbonyl (C=O) groups excluding carboxylic acids is 2. The van der Waals surface area contributed by atoms with Crippen LogP contribution in [0.5, 0.6) is 17.2 Å². The highest BCUT2D eigenvalue weighted by Gasteiger charge is 2.47. The van der Waals surface area contributed by atoms with E-state index in [1.807, 2.05) is 13.8 Å². The molecule has 1 atom stereocenters. The largest absolute Gasteiger partial charge is 0.507 e. The van der Waals surface area contributed by atoms with E-state index in [9.17, 15) is 19.8 Å². The maximum Gasteiger partial charge on any atom is 0.300 e. The van der Waals surface area contributed by atoms with Gasteiger partial charge in [-0.05, 0) is 80.1 Å². The zero-order valence-corrected chi connectivity index (χ0v) is 20.1. The molecule has 1 heterocycles. The summed E-state index contributed by atoms with van der Waals surface area (Å²) in [4.78, 5) is 27.7. The Morgan fingerprint density at radius 1 is 1.00 bits per heavy atom. The number of hydrogen-bond donors (Lipinski definition) is 2. The topological polar surface area (TPSA) is 96.3 Å².